The van der Waals surface area contributed by atoms with Gasteiger partial charge in [0.15, 0.2) is 5.82 Å². The molecule has 0 N–H and O–H groups in total. The molecule has 0 fully saturated rings. The maximum atomic E-state index is 6.14. The molecule has 0 saturated heterocycles. The van der Waals surface area contributed by atoms with Gasteiger partial charge in [-0.3, -0.25) is 0 Å². The highest BCUT2D eigenvalue weighted by Crippen LogP contribution is 2.31. The average molecular weight is 349 g/mol. The summed E-state index contributed by atoms with van der Waals surface area (Å²) >= 11 is 7.84. The van der Waals surface area contributed by atoms with E-state index in [-0.39, 0.29) is 0 Å². The number of ether oxygens (including phenoxy) is 1. The van der Waals surface area contributed by atoms with Crippen LogP contribution in [0.1, 0.15) is 11.4 Å². The van der Waals surface area contributed by atoms with Gasteiger partial charge in [0.25, 0.3) is 0 Å². The van der Waals surface area contributed by atoms with Crippen molar-refractivity contribution >= 4 is 28.6 Å². The van der Waals surface area contributed by atoms with Gasteiger partial charge in [-0.05, 0) is 34.5 Å². The van der Waals surface area contributed by atoms with Crippen LogP contribution < -0.4 is 9.64 Å². The third-order valence-electron chi connectivity index (χ3n) is 3.59. The fraction of sp³-hybridized carbons (Fsp3) is 0.250. The van der Waals surface area contributed by atoms with Crippen LogP contribution in [0.5, 0.6) is 5.75 Å². The second-order valence-corrected chi connectivity index (χ2v) is 6.35. The van der Waals surface area contributed by atoms with Crippen molar-refractivity contribution < 1.29 is 4.74 Å². The van der Waals surface area contributed by atoms with Gasteiger partial charge >= 0.3 is 0 Å². The Bertz CT molecular complexity index is 772. The Labute approximate surface area is 144 Å². The molecule has 0 bridgehead atoms. The van der Waals surface area contributed by atoms with Gasteiger partial charge < -0.3 is 14.2 Å². The molecule has 120 valence electrons. The lowest BCUT2D eigenvalue weighted by Gasteiger charge is -2.24. The van der Waals surface area contributed by atoms with E-state index in [1.165, 1.54) is 5.56 Å². The largest absolute Gasteiger partial charge is 0.495 e. The Balaban J connectivity index is 1.92. The van der Waals surface area contributed by atoms with Crippen molar-refractivity contribution in [3.63, 3.8) is 0 Å². The van der Waals surface area contributed by atoms with Gasteiger partial charge in [0, 0.05) is 25.3 Å². The van der Waals surface area contributed by atoms with Crippen LogP contribution in [0.4, 0.5) is 5.69 Å². The first-order valence-electron chi connectivity index (χ1n) is 7.10. The number of hydrogen-bond acceptors (Lipinski definition) is 5. The number of thiophene rings is 1. The van der Waals surface area contributed by atoms with Crippen molar-refractivity contribution in [3.8, 4) is 5.75 Å². The van der Waals surface area contributed by atoms with Gasteiger partial charge in [0.05, 0.1) is 18.7 Å². The number of nitrogens with zero attached hydrogens (tertiary/aromatic N) is 4. The van der Waals surface area contributed by atoms with Crippen LogP contribution in [-0.2, 0) is 20.1 Å². The quantitative estimate of drug-likeness (QED) is 0.680. The van der Waals surface area contributed by atoms with Crippen molar-refractivity contribution in [2.24, 2.45) is 7.05 Å². The second-order valence-electron chi connectivity index (χ2n) is 5.16. The molecule has 23 heavy (non-hydrogen) atoms. The molecule has 3 aromatic rings. The minimum absolute atomic E-state index is 0.602. The van der Waals surface area contributed by atoms with Gasteiger partial charge in [-0.1, -0.05) is 11.6 Å². The molecule has 0 aliphatic rings. The van der Waals surface area contributed by atoms with E-state index in [0.717, 1.165) is 18.1 Å². The summed E-state index contributed by atoms with van der Waals surface area (Å²) in [4.78, 5) is 2.23. The molecule has 0 atom stereocenters. The molecule has 5 nitrogen and oxygen atoms in total. The first-order valence-corrected chi connectivity index (χ1v) is 8.42. The van der Waals surface area contributed by atoms with Gasteiger partial charge in [0.1, 0.15) is 12.1 Å². The van der Waals surface area contributed by atoms with Gasteiger partial charge in [0.2, 0.25) is 0 Å². The highest BCUT2D eigenvalue weighted by molar-refractivity contribution is 7.07. The van der Waals surface area contributed by atoms with Crippen molar-refractivity contribution in [2.75, 3.05) is 12.0 Å². The van der Waals surface area contributed by atoms with E-state index in [2.05, 4.69) is 31.9 Å². The number of rotatable bonds is 6. The normalized spacial score (nSPS) is 10.7. The molecule has 0 amide bonds. The predicted molar refractivity (Wildman–Crippen MR) is 93.2 cm³/mol. The first kappa shape index (κ1) is 15.8. The zero-order valence-corrected chi connectivity index (χ0v) is 14.5. The van der Waals surface area contributed by atoms with E-state index in [9.17, 15) is 0 Å². The van der Waals surface area contributed by atoms with Crippen LogP contribution in [0.3, 0.4) is 0 Å². The van der Waals surface area contributed by atoms with Crippen molar-refractivity contribution in [2.45, 2.75) is 13.1 Å². The molecule has 0 aliphatic heterocycles. The van der Waals surface area contributed by atoms with Crippen LogP contribution >= 0.6 is 22.9 Å². The fourth-order valence-corrected chi connectivity index (χ4v) is 3.16. The van der Waals surface area contributed by atoms with E-state index in [0.29, 0.717) is 17.3 Å². The number of aromatic nitrogens is 3. The zero-order valence-electron chi connectivity index (χ0n) is 12.9. The predicted octanol–water partition coefficient (Wildman–Crippen LogP) is 3.75. The second kappa shape index (κ2) is 7.02. The maximum absolute atomic E-state index is 6.14. The molecular formula is C16H17ClN4OS. The number of methoxy groups -OCH3 is 1. The molecule has 0 aliphatic carbocycles. The SMILES string of the molecule is COc1cc(N(Cc2ccsc2)Cc2nncn2C)ccc1Cl. The third kappa shape index (κ3) is 3.65. The summed E-state index contributed by atoms with van der Waals surface area (Å²) in [5.41, 5.74) is 2.28. The van der Waals surface area contributed by atoms with Gasteiger partial charge in [-0.25, -0.2) is 0 Å². The monoisotopic (exact) mass is 348 g/mol. The highest BCUT2D eigenvalue weighted by atomic mass is 35.5. The molecule has 0 radical (unpaired) electrons. The summed E-state index contributed by atoms with van der Waals surface area (Å²) in [7, 11) is 3.57. The van der Waals surface area contributed by atoms with Crippen molar-refractivity contribution in [1.29, 1.82) is 0 Å². The summed E-state index contributed by atoms with van der Waals surface area (Å²) in [6, 6.07) is 7.92. The zero-order chi connectivity index (χ0) is 16.2. The number of benzene rings is 1. The van der Waals surface area contributed by atoms with Crippen LogP contribution in [0.2, 0.25) is 5.02 Å². The molecular weight excluding hydrogens is 332 g/mol. The molecule has 7 heteroatoms. The minimum atomic E-state index is 0.602. The number of hydrogen-bond donors (Lipinski definition) is 0. The van der Waals surface area contributed by atoms with Crippen LogP contribution in [0.25, 0.3) is 0 Å². The topological polar surface area (TPSA) is 43.2 Å². The smallest absolute Gasteiger partial charge is 0.152 e. The molecule has 0 unspecified atom stereocenters. The summed E-state index contributed by atoms with van der Waals surface area (Å²) in [5, 5.41) is 13.0. The molecule has 0 spiro atoms. The molecule has 2 heterocycles. The summed E-state index contributed by atoms with van der Waals surface area (Å²) in [6.45, 7) is 1.43. The van der Waals surface area contributed by atoms with E-state index >= 15 is 0 Å². The molecule has 0 saturated carbocycles. The summed E-state index contributed by atoms with van der Waals surface area (Å²) in [6.07, 6.45) is 1.71. The van der Waals surface area contributed by atoms with E-state index in [4.69, 9.17) is 16.3 Å². The number of halogens is 1. The van der Waals surface area contributed by atoms with Crippen molar-refractivity contribution in [1.82, 2.24) is 14.8 Å². The molecule has 1 aromatic carbocycles. The third-order valence-corrected chi connectivity index (χ3v) is 4.64. The lowest BCUT2D eigenvalue weighted by atomic mass is 10.2. The fourth-order valence-electron chi connectivity index (χ4n) is 2.31. The molecule has 3 rings (SSSR count). The Morgan fingerprint density at radius 2 is 2.17 bits per heavy atom. The maximum Gasteiger partial charge on any atom is 0.152 e. The van der Waals surface area contributed by atoms with E-state index < -0.39 is 0 Å². The standard InChI is InChI=1S/C16H17ClN4OS/c1-20-11-18-19-16(20)9-21(8-12-5-6-23-10-12)13-3-4-14(17)15(7-13)22-2/h3-7,10-11H,8-9H2,1-2H3. The number of anilines is 1. The van der Waals surface area contributed by atoms with Crippen molar-refractivity contribution in [3.05, 3.63) is 57.8 Å². The van der Waals surface area contributed by atoms with E-state index in [1.54, 1.807) is 24.8 Å². The van der Waals surface area contributed by atoms with Crippen LogP contribution in [0, 0.1) is 0 Å². The Kier molecular flexibility index (Phi) is 4.83. The van der Waals surface area contributed by atoms with Gasteiger partial charge in [-0.15, -0.1) is 10.2 Å². The summed E-state index contributed by atoms with van der Waals surface area (Å²) in [5.74, 6) is 1.56. The highest BCUT2D eigenvalue weighted by Gasteiger charge is 2.14. The van der Waals surface area contributed by atoms with Gasteiger partial charge in [-0.2, -0.15) is 11.3 Å². The minimum Gasteiger partial charge on any atom is -0.495 e. The lowest BCUT2D eigenvalue weighted by Crippen LogP contribution is -2.23. The lowest BCUT2D eigenvalue weighted by molar-refractivity contribution is 0.415. The first-order chi connectivity index (χ1) is 11.2. The Hall–Kier alpha value is -2.05. The Morgan fingerprint density at radius 1 is 1.30 bits per heavy atom. The molecule has 2 aromatic heterocycles. The average Bonchev–Trinajstić information content (AvgIpc) is 3.20. The summed E-state index contributed by atoms with van der Waals surface area (Å²) < 4.78 is 7.26. The Morgan fingerprint density at radius 3 is 2.83 bits per heavy atom. The van der Waals surface area contributed by atoms with Crippen LogP contribution in [-0.4, -0.2) is 21.9 Å². The van der Waals surface area contributed by atoms with E-state index in [1.807, 2.05) is 29.8 Å². The number of aryl methyl sites for hydroxylation is 1. The van der Waals surface area contributed by atoms with Crippen LogP contribution in [0.15, 0.2) is 41.4 Å².